The van der Waals surface area contributed by atoms with Crippen LogP contribution in [0.25, 0.3) is 0 Å². The number of hydrogen-bond donors (Lipinski definition) is 0. The number of carbonyl (C=O) groups is 1. The highest BCUT2D eigenvalue weighted by Crippen LogP contribution is 2.23. The number of nitrogens with zero attached hydrogens (tertiary/aromatic N) is 2. The molecule has 0 saturated heterocycles. The van der Waals surface area contributed by atoms with Crippen molar-refractivity contribution in [1.82, 2.24) is 0 Å². The van der Waals surface area contributed by atoms with Crippen molar-refractivity contribution in [2.24, 2.45) is 0 Å². The van der Waals surface area contributed by atoms with Crippen LogP contribution in [0.3, 0.4) is 0 Å². The summed E-state index contributed by atoms with van der Waals surface area (Å²) >= 11 is 0. The van der Waals surface area contributed by atoms with E-state index in [2.05, 4.69) is 18.0 Å². The summed E-state index contributed by atoms with van der Waals surface area (Å²) in [5.74, 6) is 1.82. The molecule has 0 N–H and O–H groups in total. The lowest BCUT2D eigenvalue weighted by molar-refractivity contribution is -0.394. The Morgan fingerprint density at radius 3 is 2.08 bits per heavy atom. The van der Waals surface area contributed by atoms with Gasteiger partial charge in [-0.1, -0.05) is 32.1 Å². The first-order chi connectivity index (χ1) is 11.0. The molecule has 0 fully saturated rings. The quantitative estimate of drug-likeness (QED) is 0.202. The summed E-state index contributed by atoms with van der Waals surface area (Å²) in [5.41, 5.74) is 1.58. The fraction of sp³-hybridized carbons (Fsp3) is 0.267. The zero-order valence-corrected chi connectivity index (χ0v) is 14.4. The highest BCUT2D eigenvalue weighted by atomic mass is 28.3. The van der Waals surface area contributed by atoms with Gasteiger partial charge in [-0.3, -0.25) is 20.2 Å². The van der Waals surface area contributed by atoms with E-state index in [1.165, 1.54) is 6.08 Å². The first-order valence-corrected chi connectivity index (χ1v) is 10.3. The van der Waals surface area contributed by atoms with Crippen LogP contribution in [0.2, 0.25) is 19.6 Å². The Balaban J connectivity index is 3.13. The van der Waals surface area contributed by atoms with E-state index in [9.17, 15) is 25.0 Å². The molecule has 0 amide bonds. The summed E-state index contributed by atoms with van der Waals surface area (Å²) in [6, 6.07) is 2.61. The third kappa shape index (κ3) is 5.66. The minimum Gasteiger partial charge on any atom is -0.441 e. The topological polar surface area (TPSA) is 113 Å². The number of hydrogen-bond acceptors (Lipinski definition) is 6. The lowest BCUT2D eigenvalue weighted by Gasteiger charge is -2.10. The maximum atomic E-state index is 12.1. The lowest BCUT2D eigenvalue weighted by Crippen LogP contribution is -2.19. The van der Waals surface area contributed by atoms with Crippen molar-refractivity contribution in [2.45, 2.75) is 25.7 Å². The van der Waals surface area contributed by atoms with Gasteiger partial charge in [-0.2, -0.15) is 0 Å². The number of non-ortho nitro benzene ring substituents is 2. The molecule has 0 heterocycles. The highest BCUT2D eigenvalue weighted by molar-refractivity contribution is 6.83. The molecular formula is C15H16N2O6Si. The molecule has 0 radical (unpaired) electrons. The zero-order chi connectivity index (χ0) is 18.5. The normalized spacial score (nSPS) is 11.6. The molecule has 126 valence electrons. The van der Waals surface area contributed by atoms with Gasteiger partial charge in [-0.25, -0.2) is 4.79 Å². The van der Waals surface area contributed by atoms with E-state index in [1.807, 2.05) is 19.6 Å². The first-order valence-electron chi connectivity index (χ1n) is 6.83. The number of carbonyl (C=O) groups excluding carboxylic acids is 1. The average molecular weight is 348 g/mol. The molecule has 0 aromatic heterocycles. The van der Waals surface area contributed by atoms with Gasteiger partial charge in [0.05, 0.1) is 21.5 Å². The van der Waals surface area contributed by atoms with Gasteiger partial charge in [-0.15, -0.1) is 5.54 Å². The van der Waals surface area contributed by atoms with Crippen LogP contribution < -0.4 is 0 Å². The Morgan fingerprint density at radius 2 is 1.71 bits per heavy atom. The molecule has 0 aliphatic rings. The van der Waals surface area contributed by atoms with Crippen molar-refractivity contribution in [3.63, 3.8) is 0 Å². The van der Waals surface area contributed by atoms with Crippen LogP contribution in [-0.2, 0) is 4.74 Å². The highest BCUT2D eigenvalue weighted by Gasteiger charge is 2.22. The Morgan fingerprint density at radius 1 is 1.21 bits per heavy atom. The first kappa shape index (κ1) is 19.1. The van der Waals surface area contributed by atoms with E-state index in [0.717, 1.165) is 18.2 Å². The Labute approximate surface area is 139 Å². The summed E-state index contributed by atoms with van der Waals surface area (Å²) in [5, 5.41) is 21.7. The number of ether oxygens (including phenoxy) is 1. The van der Waals surface area contributed by atoms with Crippen LogP contribution in [0.5, 0.6) is 0 Å². The van der Waals surface area contributed by atoms with E-state index in [1.54, 1.807) is 0 Å². The Kier molecular flexibility index (Phi) is 5.97. The molecule has 1 rings (SSSR count). The molecular weight excluding hydrogens is 332 g/mol. The predicted octanol–water partition coefficient (Wildman–Crippen LogP) is 3.10. The van der Waals surface area contributed by atoms with Gasteiger partial charge in [0.15, 0.2) is 6.10 Å². The summed E-state index contributed by atoms with van der Waals surface area (Å²) in [7, 11) is -1.69. The van der Waals surface area contributed by atoms with Crippen molar-refractivity contribution in [2.75, 3.05) is 0 Å². The smallest absolute Gasteiger partial charge is 0.340 e. The molecule has 24 heavy (non-hydrogen) atoms. The monoisotopic (exact) mass is 348 g/mol. The number of esters is 1. The van der Waals surface area contributed by atoms with Crippen LogP contribution in [-0.4, -0.2) is 30.0 Å². The molecule has 0 spiro atoms. The van der Waals surface area contributed by atoms with E-state index >= 15 is 0 Å². The number of benzene rings is 1. The third-order valence-electron chi connectivity index (χ3n) is 2.60. The molecule has 0 unspecified atom stereocenters. The number of nitro groups is 2. The Bertz CT molecular complexity index is 725. The van der Waals surface area contributed by atoms with Crippen LogP contribution in [0, 0.1) is 31.7 Å². The van der Waals surface area contributed by atoms with Crippen molar-refractivity contribution in [1.29, 1.82) is 0 Å². The van der Waals surface area contributed by atoms with Crippen LogP contribution in [0.15, 0.2) is 30.9 Å². The summed E-state index contributed by atoms with van der Waals surface area (Å²) in [4.78, 5) is 32.2. The van der Waals surface area contributed by atoms with E-state index in [0.29, 0.717) is 0 Å². The predicted molar refractivity (Wildman–Crippen MR) is 90.3 cm³/mol. The molecule has 9 heteroatoms. The Hall–Kier alpha value is -2.99. The molecule has 1 aromatic carbocycles. The maximum absolute atomic E-state index is 12.1. The number of rotatable bonds is 5. The van der Waals surface area contributed by atoms with Crippen molar-refractivity contribution in [3.8, 4) is 11.5 Å². The van der Waals surface area contributed by atoms with E-state index < -0.39 is 41.4 Å². The SMILES string of the molecule is C=C[C@@H](C#C[Si](C)(C)C)OC(=O)c1cc([N+](=O)[O-])cc([N+](=O)[O-])c1. The summed E-state index contributed by atoms with van der Waals surface area (Å²) in [6.07, 6.45) is 0.416. The molecule has 0 saturated carbocycles. The maximum Gasteiger partial charge on any atom is 0.340 e. The second-order valence-corrected chi connectivity index (χ2v) is 10.6. The van der Waals surface area contributed by atoms with Gasteiger partial charge in [0.1, 0.15) is 8.07 Å². The molecule has 0 bridgehead atoms. The van der Waals surface area contributed by atoms with Gasteiger partial charge in [0.2, 0.25) is 0 Å². The fourth-order valence-electron chi connectivity index (χ4n) is 1.53. The molecule has 0 aliphatic heterocycles. The van der Waals surface area contributed by atoms with E-state index in [4.69, 9.17) is 4.74 Å². The van der Waals surface area contributed by atoms with Gasteiger partial charge < -0.3 is 4.74 Å². The standard InChI is InChI=1S/C15H16N2O6Si/c1-5-14(6-7-24(2,3)4)23-15(18)11-8-12(16(19)20)10-13(9-11)17(21)22/h5,8-10,14H,1H2,2-4H3/t14-/m0/s1. The third-order valence-corrected chi connectivity index (χ3v) is 3.49. The second-order valence-electron chi connectivity index (χ2n) is 5.83. The van der Waals surface area contributed by atoms with Gasteiger partial charge in [0.25, 0.3) is 11.4 Å². The molecule has 1 aromatic rings. The lowest BCUT2D eigenvalue weighted by atomic mass is 10.1. The molecule has 8 nitrogen and oxygen atoms in total. The van der Waals surface area contributed by atoms with Gasteiger partial charge in [-0.05, 0) is 6.08 Å². The van der Waals surface area contributed by atoms with Gasteiger partial charge in [0, 0.05) is 12.1 Å². The zero-order valence-electron chi connectivity index (χ0n) is 13.4. The average Bonchev–Trinajstić information content (AvgIpc) is 2.49. The summed E-state index contributed by atoms with van der Waals surface area (Å²) < 4.78 is 5.10. The van der Waals surface area contributed by atoms with Crippen molar-refractivity contribution >= 4 is 25.4 Å². The number of nitro benzene ring substituents is 2. The largest absolute Gasteiger partial charge is 0.441 e. The van der Waals surface area contributed by atoms with Crippen molar-refractivity contribution in [3.05, 3.63) is 56.6 Å². The molecule has 1 atom stereocenters. The van der Waals surface area contributed by atoms with Gasteiger partial charge >= 0.3 is 5.97 Å². The minimum absolute atomic E-state index is 0.294. The van der Waals surface area contributed by atoms with Crippen LogP contribution in [0.4, 0.5) is 11.4 Å². The fourth-order valence-corrected chi connectivity index (χ4v) is 2.11. The summed E-state index contributed by atoms with van der Waals surface area (Å²) in [6.45, 7) is 9.54. The van der Waals surface area contributed by atoms with Crippen LogP contribution >= 0.6 is 0 Å². The molecule has 0 aliphatic carbocycles. The van der Waals surface area contributed by atoms with Crippen molar-refractivity contribution < 1.29 is 19.4 Å². The minimum atomic E-state index is -1.69. The van der Waals surface area contributed by atoms with Crippen LogP contribution in [0.1, 0.15) is 10.4 Å². The second kappa shape index (κ2) is 7.52. The van der Waals surface area contributed by atoms with E-state index in [-0.39, 0.29) is 5.56 Å².